The fourth-order valence-electron chi connectivity index (χ4n) is 2.16. The Kier molecular flexibility index (Phi) is 3.64. The quantitative estimate of drug-likeness (QED) is 0.735. The topological polar surface area (TPSA) is 57.1 Å². The van der Waals surface area contributed by atoms with Crippen molar-refractivity contribution in [2.24, 2.45) is 0 Å². The molecule has 0 unspecified atom stereocenters. The maximum absolute atomic E-state index is 5.19. The first-order chi connectivity index (χ1) is 10.3. The van der Waals surface area contributed by atoms with Gasteiger partial charge in [0.25, 0.3) is 11.8 Å². The molecular weight excluding hydrogens is 266 g/mol. The summed E-state index contributed by atoms with van der Waals surface area (Å²) in [6.45, 7) is 0. The van der Waals surface area contributed by atoms with Crippen LogP contribution in [0.1, 0.15) is 11.3 Å². The van der Waals surface area contributed by atoms with E-state index in [1.54, 1.807) is 20.4 Å². The van der Waals surface area contributed by atoms with Crippen LogP contribution in [0.3, 0.4) is 0 Å². The minimum Gasteiger partial charge on any atom is -0.477 e. The molecule has 0 saturated heterocycles. The molecular formula is C16H15N3O2. The fourth-order valence-corrected chi connectivity index (χ4v) is 2.16. The standard InChI is InChI=1S/C16H15N3O2/c1-20-15-16(21-2)19-14-10-11(6-7-13(14)18-15)9-12-5-3-4-8-17-12/h3-8,10H,9H2,1-2H3. The van der Waals surface area contributed by atoms with Crippen LogP contribution in [0.5, 0.6) is 11.8 Å². The van der Waals surface area contributed by atoms with Crippen molar-refractivity contribution in [2.75, 3.05) is 14.2 Å². The van der Waals surface area contributed by atoms with E-state index in [0.29, 0.717) is 11.8 Å². The number of benzene rings is 1. The first kappa shape index (κ1) is 13.3. The molecule has 5 nitrogen and oxygen atoms in total. The van der Waals surface area contributed by atoms with Crippen LogP contribution < -0.4 is 9.47 Å². The zero-order valence-electron chi connectivity index (χ0n) is 11.9. The Balaban J connectivity index is 1.99. The molecule has 0 amide bonds. The molecule has 0 atom stereocenters. The predicted molar refractivity (Wildman–Crippen MR) is 79.7 cm³/mol. The van der Waals surface area contributed by atoms with Crippen LogP contribution in [0.2, 0.25) is 0 Å². The summed E-state index contributed by atoms with van der Waals surface area (Å²) in [6.07, 6.45) is 2.55. The number of hydrogen-bond acceptors (Lipinski definition) is 5. The molecule has 0 aliphatic heterocycles. The third-order valence-corrected chi connectivity index (χ3v) is 3.16. The zero-order chi connectivity index (χ0) is 14.7. The average molecular weight is 281 g/mol. The van der Waals surface area contributed by atoms with Gasteiger partial charge in [-0.1, -0.05) is 12.1 Å². The lowest BCUT2D eigenvalue weighted by molar-refractivity contribution is 0.334. The van der Waals surface area contributed by atoms with Crippen molar-refractivity contribution in [1.82, 2.24) is 15.0 Å². The number of ether oxygens (including phenoxy) is 2. The molecule has 21 heavy (non-hydrogen) atoms. The first-order valence-electron chi connectivity index (χ1n) is 6.58. The van der Waals surface area contributed by atoms with Crippen molar-refractivity contribution in [1.29, 1.82) is 0 Å². The molecule has 0 radical (unpaired) electrons. The summed E-state index contributed by atoms with van der Waals surface area (Å²) in [5.41, 5.74) is 3.70. The highest BCUT2D eigenvalue weighted by Gasteiger charge is 2.10. The third-order valence-electron chi connectivity index (χ3n) is 3.16. The Morgan fingerprint density at radius 3 is 2.33 bits per heavy atom. The van der Waals surface area contributed by atoms with E-state index in [1.165, 1.54) is 0 Å². The van der Waals surface area contributed by atoms with Gasteiger partial charge in [0, 0.05) is 18.3 Å². The van der Waals surface area contributed by atoms with E-state index < -0.39 is 0 Å². The van der Waals surface area contributed by atoms with Crippen molar-refractivity contribution in [3.63, 3.8) is 0 Å². The van der Waals surface area contributed by atoms with E-state index in [-0.39, 0.29) is 0 Å². The van der Waals surface area contributed by atoms with Gasteiger partial charge in [-0.25, -0.2) is 9.97 Å². The molecule has 0 spiro atoms. The van der Waals surface area contributed by atoms with Crippen LogP contribution >= 0.6 is 0 Å². The Bertz CT molecular complexity index is 760. The second kappa shape index (κ2) is 5.75. The molecule has 0 N–H and O–H groups in total. The van der Waals surface area contributed by atoms with Crippen LogP contribution in [-0.4, -0.2) is 29.2 Å². The lowest BCUT2D eigenvalue weighted by Crippen LogP contribution is -1.98. The normalized spacial score (nSPS) is 10.6. The maximum atomic E-state index is 5.19. The minimum absolute atomic E-state index is 0.389. The number of pyridine rings is 1. The van der Waals surface area contributed by atoms with Crippen molar-refractivity contribution < 1.29 is 9.47 Å². The van der Waals surface area contributed by atoms with Gasteiger partial charge >= 0.3 is 0 Å². The molecule has 0 aliphatic rings. The van der Waals surface area contributed by atoms with Crippen molar-refractivity contribution >= 4 is 11.0 Å². The SMILES string of the molecule is COc1nc2ccc(Cc3ccccn3)cc2nc1OC. The van der Waals surface area contributed by atoms with Crippen LogP contribution in [0.4, 0.5) is 0 Å². The Hall–Kier alpha value is -2.69. The van der Waals surface area contributed by atoms with Crippen LogP contribution in [-0.2, 0) is 6.42 Å². The largest absolute Gasteiger partial charge is 0.477 e. The van der Waals surface area contributed by atoms with E-state index >= 15 is 0 Å². The average Bonchev–Trinajstić information content (AvgIpc) is 2.54. The summed E-state index contributed by atoms with van der Waals surface area (Å²) in [7, 11) is 3.10. The fraction of sp³-hybridized carbons (Fsp3) is 0.188. The van der Waals surface area contributed by atoms with Gasteiger partial charge in [-0.15, -0.1) is 0 Å². The summed E-state index contributed by atoms with van der Waals surface area (Å²) in [4.78, 5) is 13.2. The molecule has 1 aromatic carbocycles. The second-order valence-corrected chi connectivity index (χ2v) is 4.56. The second-order valence-electron chi connectivity index (χ2n) is 4.56. The van der Waals surface area contributed by atoms with Gasteiger partial charge in [0.2, 0.25) is 0 Å². The highest BCUT2D eigenvalue weighted by atomic mass is 16.5. The van der Waals surface area contributed by atoms with Crippen LogP contribution in [0, 0.1) is 0 Å². The predicted octanol–water partition coefficient (Wildman–Crippen LogP) is 2.63. The van der Waals surface area contributed by atoms with Crippen molar-refractivity contribution in [3.05, 3.63) is 53.9 Å². The summed E-state index contributed by atoms with van der Waals surface area (Å²) in [6, 6.07) is 11.9. The van der Waals surface area contributed by atoms with E-state index in [9.17, 15) is 0 Å². The molecule has 2 heterocycles. The van der Waals surface area contributed by atoms with Crippen molar-refractivity contribution in [3.8, 4) is 11.8 Å². The molecule has 3 rings (SSSR count). The number of nitrogens with zero attached hydrogens (tertiary/aromatic N) is 3. The smallest absolute Gasteiger partial charge is 0.278 e. The Morgan fingerprint density at radius 1 is 0.905 bits per heavy atom. The van der Waals surface area contributed by atoms with Gasteiger partial charge in [-0.3, -0.25) is 4.98 Å². The van der Waals surface area contributed by atoms with Gasteiger partial charge in [0.15, 0.2) is 0 Å². The van der Waals surface area contributed by atoms with Crippen molar-refractivity contribution in [2.45, 2.75) is 6.42 Å². The van der Waals surface area contributed by atoms with E-state index in [1.807, 2.05) is 36.4 Å². The summed E-state index contributed by atoms with van der Waals surface area (Å²) in [5.74, 6) is 0.780. The Morgan fingerprint density at radius 2 is 1.67 bits per heavy atom. The van der Waals surface area contributed by atoms with Gasteiger partial charge in [0.05, 0.1) is 25.3 Å². The number of aromatic nitrogens is 3. The molecule has 3 aromatic rings. The molecule has 0 aliphatic carbocycles. The van der Waals surface area contributed by atoms with Crippen LogP contribution in [0.15, 0.2) is 42.6 Å². The van der Waals surface area contributed by atoms with Gasteiger partial charge in [0.1, 0.15) is 0 Å². The molecule has 5 heteroatoms. The molecule has 0 saturated carbocycles. The molecule has 106 valence electrons. The lowest BCUT2D eigenvalue weighted by Gasteiger charge is -2.08. The highest BCUT2D eigenvalue weighted by Crippen LogP contribution is 2.25. The minimum atomic E-state index is 0.389. The monoisotopic (exact) mass is 281 g/mol. The van der Waals surface area contributed by atoms with Gasteiger partial charge in [-0.2, -0.15) is 0 Å². The number of rotatable bonds is 4. The van der Waals surface area contributed by atoms with E-state index in [4.69, 9.17) is 9.47 Å². The number of hydrogen-bond donors (Lipinski definition) is 0. The molecule has 2 aromatic heterocycles. The number of methoxy groups -OCH3 is 2. The van der Waals surface area contributed by atoms with Gasteiger partial charge < -0.3 is 9.47 Å². The summed E-state index contributed by atoms with van der Waals surface area (Å²) >= 11 is 0. The lowest BCUT2D eigenvalue weighted by atomic mass is 10.1. The molecule has 0 bridgehead atoms. The zero-order valence-corrected chi connectivity index (χ0v) is 11.9. The maximum Gasteiger partial charge on any atom is 0.278 e. The summed E-state index contributed by atoms with van der Waals surface area (Å²) in [5, 5.41) is 0. The number of fused-ring (bicyclic) bond motifs is 1. The van der Waals surface area contributed by atoms with E-state index in [0.717, 1.165) is 28.7 Å². The third kappa shape index (κ3) is 2.76. The van der Waals surface area contributed by atoms with E-state index in [2.05, 4.69) is 15.0 Å². The molecule has 0 fully saturated rings. The summed E-state index contributed by atoms with van der Waals surface area (Å²) < 4.78 is 10.4. The Labute approximate surface area is 122 Å². The first-order valence-corrected chi connectivity index (χ1v) is 6.58. The highest BCUT2D eigenvalue weighted by molar-refractivity contribution is 5.76. The van der Waals surface area contributed by atoms with Crippen LogP contribution in [0.25, 0.3) is 11.0 Å². The van der Waals surface area contributed by atoms with Gasteiger partial charge in [-0.05, 0) is 29.8 Å².